The Labute approximate surface area is 118 Å². The zero-order valence-electron chi connectivity index (χ0n) is 11.8. The number of hydrogen-bond donors (Lipinski definition) is 1. The molecule has 20 heavy (non-hydrogen) atoms. The molecular weight excluding hydrogens is 288 g/mol. The molecule has 0 bridgehead atoms. The lowest BCUT2D eigenvalue weighted by molar-refractivity contribution is -0.148. The van der Waals surface area contributed by atoms with Crippen LogP contribution in [0.25, 0.3) is 0 Å². The van der Waals surface area contributed by atoms with E-state index in [1.54, 1.807) is 0 Å². The van der Waals surface area contributed by atoms with Crippen molar-refractivity contribution in [2.75, 3.05) is 39.3 Å². The van der Waals surface area contributed by atoms with Crippen LogP contribution >= 0.6 is 0 Å². The van der Waals surface area contributed by atoms with Gasteiger partial charge in [-0.3, -0.25) is 9.59 Å². The number of methoxy groups -OCH3 is 2. The summed E-state index contributed by atoms with van der Waals surface area (Å²) in [6, 6.07) is -0.445. The van der Waals surface area contributed by atoms with Crippen molar-refractivity contribution in [3.8, 4) is 0 Å². The van der Waals surface area contributed by atoms with E-state index >= 15 is 0 Å². The van der Waals surface area contributed by atoms with E-state index in [4.69, 9.17) is 9.47 Å². The van der Waals surface area contributed by atoms with Crippen LogP contribution < -0.4 is 5.32 Å². The zero-order chi connectivity index (χ0) is 15.3. The summed E-state index contributed by atoms with van der Waals surface area (Å²) in [5, 5.41) is 2.38. The molecule has 2 amide bonds. The fourth-order valence-electron chi connectivity index (χ4n) is 1.92. The molecule has 0 spiro atoms. The molecule has 1 rings (SSSR count). The van der Waals surface area contributed by atoms with Crippen molar-refractivity contribution in [1.82, 2.24) is 10.2 Å². The lowest BCUT2D eigenvalue weighted by Gasteiger charge is -2.23. The molecule has 1 fully saturated rings. The van der Waals surface area contributed by atoms with Gasteiger partial charge in [-0.25, -0.2) is 8.42 Å². The topological polar surface area (TPSA) is 102 Å². The quantitative estimate of drug-likeness (QED) is 0.483. The third-order valence-corrected chi connectivity index (χ3v) is 4.98. The predicted octanol–water partition coefficient (Wildman–Crippen LogP) is -1.63. The fourth-order valence-corrected chi connectivity index (χ4v) is 3.70. The number of rotatable bonds is 5. The molecule has 0 aromatic rings. The fraction of sp³-hybridized carbons (Fsp3) is 0.818. The molecule has 1 aliphatic rings. The highest BCUT2D eigenvalue weighted by Gasteiger charge is 2.34. The number of carbonyl (C=O) groups excluding carboxylic acids is 2. The third-order valence-electron chi connectivity index (χ3n) is 3.23. The molecule has 0 aromatic carbocycles. The van der Waals surface area contributed by atoms with Gasteiger partial charge in [0, 0.05) is 27.3 Å². The first kappa shape index (κ1) is 16.9. The minimum absolute atomic E-state index is 0.0361. The van der Waals surface area contributed by atoms with E-state index in [1.807, 2.05) is 0 Å². The number of carbonyl (C=O) groups is 2. The van der Waals surface area contributed by atoms with E-state index in [0.29, 0.717) is 6.42 Å². The molecule has 1 N–H and O–H groups in total. The maximum Gasteiger partial charge on any atom is 0.311 e. The molecule has 0 aromatic heterocycles. The molecule has 1 aliphatic heterocycles. The summed E-state index contributed by atoms with van der Waals surface area (Å²) in [4.78, 5) is 24.7. The maximum atomic E-state index is 11.9. The maximum absolute atomic E-state index is 11.9. The van der Waals surface area contributed by atoms with Crippen LogP contribution in [0, 0.1) is 0 Å². The second kappa shape index (κ2) is 7.00. The van der Waals surface area contributed by atoms with Gasteiger partial charge >= 0.3 is 11.8 Å². The van der Waals surface area contributed by atoms with Gasteiger partial charge < -0.3 is 19.7 Å². The Hall–Kier alpha value is -1.19. The average Bonchev–Trinajstić information content (AvgIpc) is 2.78. The number of likely N-dealkylation sites (N-methyl/N-ethyl adjacent to an activating group) is 1. The summed E-state index contributed by atoms with van der Waals surface area (Å²) in [6.45, 7) is 0.0361. The van der Waals surface area contributed by atoms with Gasteiger partial charge in [-0.05, 0) is 6.42 Å². The predicted molar refractivity (Wildman–Crippen MR) is 70.6 cm³/mol. The molecule has 1 atom stereocenters. The first-order valence-electron chi connectivity index (χ1n) is 6.11. The highest BCUT2D eigenvalue weighted by Crippen LogP contribution is 2.16. The van der Waals surface area contributed by atoms with Crippen LogP contribution in [0.2, 0.25) is 0 Å². The van der Waals surface area contributed by atoms with Crippen LogP contribution in [0.5, 0.6) is 0 Å². The molecule has 116 valence electrons. The van der Waals surface area contributed by atoms with Gasteiger partial charge in [-0.2, -0.15) is 0 Å². The molecule has 1 saturated heterocycles. The van der Waals surface area contributed by atoms with Crippen molar-refractivity contribution in [3.05, 3.63) is 0 Å². The number of sulfone groups is 1. The smallest absolute Gasteiger partial charge is 0.311 e. The number of nitrogens with one attached hydrogen (secondary N) is 1. The van der Waals surface area contributed by atoms with Gasteiger partial charge in [0.05, 0.1) is 18.1 Å². The van der Waals surface area contributed by atoms with E-state index in [0.717, 1.165) is 0 Å². The summed E-state index contributed by atoms with van der Waals surface area (Å²) in [7, 11) is 1.16. The highest BCUT2D eigenvalue weighted by molar-refractivity contribution is 7.91. The first-order valence-corrected chi connectivity index (χ1v) is 7.94. The Balaban J connectivity index is 2.50. The van der Waals surface area contributed by atoms with Gasteiger partial charge in [0.2, 0.25) is 0 Å². The first-order chi connectivity index (χ1) is 9.30. The molecule has 1 heterocycles. The molecular formula is C11H20N2O6S. The number of hydrogen-bond acceptors (Lipinski definition) is 6. The van der Waals surface area contributed by atoms with Crippen molar-refractivity contribution in [2.24, 2.45) is 0 Å². The average molecular weight is 308 g/mol. The second-order valence-corrected chi connectivity index (χ2v) is 6.81. The minimum Gasteiger partial charge on any atom is -0.354 e. The van der Waals surface area contributed by atoms with Gasteiger partial charge in [0.15, 0.2) is 16.1 Å². The third kappa shape index (κ3) is 4.43. The van der Waals surface area contributed by atoms with Gasteiger partial charge in [-0.15, -0.1) is 0 Å². The van der Waals surface area contributed by atoms with Crippen LogP contribution in [-0.2, 0) is 28.9 Å². The lowest BCUT2D eigenvalue weighted by Crippen LogP contribution is -2.47. The van der Waals surface area contributed by atoms with E-state index in [2.05, 4.69) is 5.32 Å². The van der Waals surface area contributed by atoms with E-state index in [9.17, 15) is 18.0 Å². The van der Waals surface area contributed by atoms with Crippen LogP contribution in [-0.4, -0.2) is 76.8 Å². The van der Waals surface area contributed by atoms with Crippen molar-refractivity contribution in [3.63, 3.8) is 0 Å². The zero-order valence-corrected chi connectivity index (χ0v) is 12.6. The summed E-state index contributed by atoms with van der Waals surface area (Å²) in [5.74, 6) is -1.62. The Morgan fingerprint density at radius 3 is 2.40 bits per heavy atom. The van der Waals surface area contributed by atoms with E-state index in [-0.39, 0.29) is 18.1 Å². The monoisotopic (exact) mass is 308 g/mol. The summed E-state index contributed by atoms with van der Waals surface area (Å²) in [5.41, 5.74) is 0. The van der Waals surface area contributed by atoms with Gasteiger partial charge in [0.25, 0.3) is 0 Å². The van der Waals surface area contributed by atoms with Gasteiger partial charge in [0.1, 0.15) is 0 Å². The normalized spacial score (nSPS) is 20.9. The summed E-state index contributed by atoms with van der Waals surface area (Å²) >= 11 is 0. The highest BCUT2D eigenvalue weighted by atomic mass is 32.2. The van der Waals surface area contributed by atoms with Crippen molar-refractivity contribution in [1.29, 1.82) is 0 Å². The Morgan fingerprint density at radius 1 is 1.35 bits per heavy atom. The molecule has 1 unspecified atom stereocenters. The molecule has 8 nitrogen and oxygen atoms in total. The van der Waals surface area contributed by atoms with Crippen LogP contribution in [0.1, 0.15) is 6.42 Å². The molecule has 9 heteroatoms. The molecule has 0 aliphatic carbocycles. The summed E-state index contributed by atoms with van der Waals surface area (Å²) < 4.78 is 32.5. The standard InChI is InChI=1S/C11H20N2O6S/c1-13(8-4-5-20(16,17)7-8)11(15)10(14)12-6-9(18-2)19-3/h8-9H,4-7H2,1-3H3,(H,12,14). The number of ether oxygens (including phenoxy) is 2. The van der Waals surface area contributed by atoms with E-state index in [1.165, 1.54) is 26.2 Å². The Bertz CT molecular complexity index is 460. The van der Waals surface area contributed by atoms with E-state index < -0.39 is 34.0 Å². The van der Waals surface area contributed by atoms with Gasteiger partial charge in [-0.1, -0.05) is 0 Å². The van der Waals surface area contributed by atoms with Crippen LogP contribution in [0.4, 0.5) is 0 Å². The Morgan fingerprint density at radius 2 is 1.95 bits per heavy atom. The largest absolute Gasteiger partial charge is 0.354 e. The minimum atomic E-state index is -3.10. The van der Waals surface area contributed by atoms with Crippen molar-refractivity contribution < 1.29 is 27.5 Å². The van der Waals surface area contributed by atoms with Crippen molar-refractivity contribution >= 4 is 21.7 Å². The molecule has 0 radical (unpaired) electrons. The molecule has 0 saturated carbocycles. The van der Waals surface area contributed by atoms with Crippen molar-refractivity contribution in [2.45, 2.75) is 18.8 Å². The lowest BCUT2D eigenvalue weighted by atomic mass is 10.2. The van der Waals surface area contributed by atoms with Crippen LogP contribution in [0.15, 0.2) is 0 Å². The SMILES string of the molecule is COC(CNC(=O)C(=O)N(C)C1CCS(=O)(=O)C1)OC. The number of amides is 2. The summed E-state index contributed by atoms with van der Waals surface area (Å²) in [6.07, 6.45) is -0.278. The Kier molecular flexibility index (Phi) is 5.90. The van der Waals surface area contributed by atoms with Crippen LogP contribution in [0.3, 0.4) is 0 Å². The number of nitrogens with zero attached hydrogens (tertiary/aromatic N) is 1. The second-order valence-electron chi connectivity index (χ2n) is 4.58.